The molecule has 0 atom stereocenters. The molecular weight excluding hydrogens is 1210 g/mol. The molecule has 0 spiro atoms. The fourth-order valence-corrected chi connectivity index (χ4v) is 17.1. The zero-order valence-corrected chi connectivity index (χ0v) is 52.0. The van der Waals surface area contributed by atoms with Crippen molar-refractivity contribution >= 4 is 131 Å². The maximum atomic E-state index is 6.38. The third-order valence-corrected chi connectivity index (χ3v) is 21.1. The molecule has 0 amide bonds. The summed E-state index contributed by atoms with van der Waals surface area (Å²) in [6, 6.07) is 99.1. The standard InChI is InChI=1S/C86H48N10O2/c1-2-26-56-55(25-1)75-59-39-41-69-76(57-27-7-15-33-67(57)95(69)85-89-81(47-37-43-73-61(45-47)53-23-9-17-35-71(53)97-73)87-83(91-85)93-63-29-11-3-19-49(63)50-20-4-12-30-64(50)93)79(59)78(56)80-60(75)40-42-70-77(80)58-28-8-16-34-68(58)96(70)86-90-82(48-38-44-74-62(46-48)54-24-10-18-36-72(54)98-74)88-84(92-86)94-65-31-13-5-21-51(65)52-22-6-14-32-66(52)94/h1-46,75,78H. The SMILES string of the molecule is c1ccc2c(c1)C1c3ccc4c(c3C2c2c1ccc1c2c2ccccc2n1-c1nc(-c2ccc3oc5ccccc5c3c2)nc(-n2c3ccccc3c3ccccc32)n1)c1ccccc1n4-c1nc(-c2ccc3oc4ccccc4c3c2)nc(-n2c3ccccc3c3ccccc32)n1. The summed E-state index contributed by atoms with van der Waals surface area (Å²) in [5.74, 6) is 2.89. The van der Waals surface area contributed by atoms with E-state index in [4.69, 9.17) is 38.7 Å². The third kappa shape index (κ3) is 6.95. The monoisotopic (exact) mass is 1250 g/mol. The third-order valence-electron chi connectivity index (χ3n) is 21.1. The molecule has 0 N–H and O–H groups in total. The predicted molar refractivity (Wildman–Crippen MR) is 391 cm³/mol. The second-order valence-electron chi connectivity index (χ2n) is 26.0. The Balaban J connectivity index is 0.775. The van der Waals surface area contributed by atoms with Gasteiger partial charge in [-0.2, -0.15) is 29.9 Å². The molecule has 2 bridgehead atoms. The number of furan rings is 2. The van der Waals surface area contributed by atoms with Crippen molar-refractivity contribution in [3.8, 4) is 46.6 Å². The van der Waals surface area contributed by atoms with Crippen LogP contribution in [0.3, 0.4) is 0 Å². The average molecular weight is 1250 g/mol. The predicted octanol–water partition coefficient (Wildman–Crippen LogP) is 20.6. The highest BCUT2D eigenvalue weighted by molar-refractivity contribution is 6.17. The Kier molecular flexibility index (Phi) is 10.2. The Hall–Kier alpha value is -13.3. The van der Waals surface area contributed by atoms with Crippen molar-refractivity contribution < 1.29 is 8.83 Å². The molecule has 21 aromatic rings. The molecule has 0 unspecified atom stereocenters. The number of benzene rings is 13. The number of fused-ring (bicyclic) bond motifs is 18. The first kappa shape index (κ1) is 52.1. The van der Waals surface area contributed by atoms with Crippen molar-refractivity contribution in [1.82, 2.24) is 48.2 Å². The van der Waals surface area contributed by atoms with Gasteiger partial charge in [0.15, 0.2) is 11.6 Å². The second kappa shape index (κ2) is 19.2. The van der Waals surface area contributed by atoms with Crippen molar-refractivity contribution in [2.45, 2.75) is 11.8 Å². The lowest BCUT2D eigenvalue weighted by Gasteiger charge is -2.43. The van der Waals surface area contributed by atoms with Gasteiger partial charge in [-0.25, -0.2) is 0 Å². The summed E-state index contributed by atoms with van der Waals surface area (Å²) < 4.78 is 21.7. The quantitative estimate of drug-likeness (QED) is 0.161. The van der Waals surface area contributed by atoms with Crippen LogP contribution in [0.15, 0.2) is 288 Å². The smallest absolute Gasteiger partial charge is 0.240 e. The van der Waals surface area contributed by atoms with Gasteiger partial charge in [-0.1, -0.05) is 182 Å². The molecule has 13 aromatic carbocycles. The summed E-state index contributed by atoms with van der Waals surface area (Å²) in [6.07, 6.45) is 0. The van der Waals surface area contributed by atoms with Crippen LogP contribution in [0.1, 0.15) is 45.2 Å². The molecule has 3 aliphatic carbocycles. The molecule has 0 fully saturated rings. The van der Waals surface area contributed by atoms with E-state index in [0.29, 0.717) is 35.4 Å². The van der Waals surface area contributed by atoms with Gasteiger partial charge in [0.25, 0.3) is 0 Å². The number of aromatic nitrogens is 10. The fourth-order valence-electron chi connectivity index (χ4n) is 17.1. The van der Waals surface area contributed by atoms with Crippen LogP contribution in [0.2, 0.25) is 0 Å². The van der Waals surface area contributed by atoms with Crippen LogP contribution in [0.25, 0.3) is 178 Å². The molecule has 3 aliphatic rings. The van der Waals surface area contributed by atoms with Gasteiger partial charge in [0.2, 0.25) is 23.8 Å². The molecule has 0 saturated carbocycles. The second-order valence-corrected chi connectivity index (χ2v) is 26.0. The van der Waals surface area contributed by atoms with Crippen LogP contribution in [0.4, 0.5) is 0 Å². The van der Waals surface area contributed by atoms with Crippen LogP contribution in [-0.2, 0) is 0 Å². The number of nitrogens with zero attached hydrogens (tertiary/aromatic N) is 10. The zero-order valence-electron chi connectivity index (χ0n) is 52.0. The van der Waals surface area contributed by atoms with Crippen LogP contribution in [0.5, 0.6) is 0 Å². The summed E-state index contributed by atoms with van der Waals surface area (Å²) in [4.78, 5) is 33.4. The van der Waals surface area contributed by atoms with Gasteiger partial charge >= 0.3 is 0 Å². The van der Waals surface area contributed by atoms with E-state index in [1.807, 2.05) is 36.4 Å². The van der Waals surface area contributed by atoms with E-state index in [2.05, 4.69) is 261 Å². The number of hydrogen-bond acceptors (Lipinski definition) is 8. The highest BCUT2D eigenvalue weighted by Crippen LogP contribution is 2.61. The Labute approximate surface area is 555 Å². The molecule has 0 saturated heterocycles. The highest BCUT2D eigenvalue weighted by atomic mass is 16.3. The molecule has 0 radical (unpaired) electrons. The van der Waals surface area contributed by atoms with Gasteiger partial charge < -0.3 is 8.83 Å². The van der Waals surface area contributed by atoms with Crippen molar-refractivity contribution in [1.29, 1.82) is 0 Å². The van der Waals surface area contributed by atoms with Gasteiger partial charge in [-0.3, -0.25) is 18.3 Å². The molecule has 12 heteroatoms. The number of rotatable bonds is 6. The van der Waals surface area contributed by atoms with Gasteiger partial charge in [-0.05, 0) is 130 Å². The van der Waals surface area contributed by atoms with E-state index in [0.717, 1.165) is 131 Å². The molecule has 8 heterocycles. The highest BCUT2D eigenvalue weighted by Gasteiger charge is 2.45. The molecule has 12 nitrogen and oxygen atoms in total. The summed E-state index contributed by atoms with van der Waals surface area (Å²) in [6.45, 7) is 0. The number of para-hydroxylation sites is 8. The Morgan fingerprint density at radius 2 is 0.531 bits per heavy atom. The van der Waals surface area contributed by atoms with Gasteiger partial charge in [0.1, 0.15) is 22.3 Å². The summed E-state index contributed by atoms with van der Waals surface area (Å²) in [5, 5.41) is 13.1. The van der Waals surface area contributed by atoms with E-state index < -0.39 is 0 Å². The van der Waals surface area contributed by atoms with Crippen LogP contribution >= 0.6 is 0 Å². The topological polar surface area (TPSA) is 123 Å². The Morgan fingerprint density at radius 1 is 0.224 bits per heavy atom. The van der Waals surface area contributed by atoms with E-state index in [1.165, 1.54) is 44.2 Å². The van der Waals surface area contributed by atoms with Crippen LogP contribution < -0.4 is 0 Å². The summed E-state index contributed by atoms with van der Waals surface area (Å²) in [7, 11) is 0. The minimum absolute atomic E-state index is 0.0709. The molecule has 8 aromatic heterocycles. The minimum atomic E-state index is -0.190. The average Bonchev–Trinajstić information content (AvgIpc) is 1.07. The fraction of sp³-hybridized carbons (Fsp3) is 0.0233. The largest absolute Gasteiger partial charge is 0.456 e. The van der Waals surface area contributed by atoms with Crippen molar-refractivity contribution in [3.63, 3.8) is 0 Å². The van der Waals surface area contributed by atoms with Gasteiger partial charge in [0, 0.05) is 87.6 Å². The summed E-state index contributed by atoms with van der Waals surface area (Å²) in [5.41, 5.74) is 20.8. The van der Waals surface area contributed by atoms with E-state index in [1.54, 1.807) is 0 Å². The molecular formula is C86H48N10O2. The van der Waals surface area contributed by atoms with Crippen LogP contribution in [0, 0.1) is 0 Å². The van der Waals surface area contributed by atoms with Gasteiger partial charge in [0.05, 0.1) is 44.1 Å². The van der Waals surface area contributed by atoms with Crippen molar-refractivity contribution in [3.05, 3.63) is 312 Å². The normalized spacial score (nSPS) is 14.3. The lowest BCUT2D eigenvalue weighted by Crippen LogP contribution is -2.28. The van der Waals surface area contributed by atoms with Crippen molar-refractivity contribution in [2.24, 2.45) is 0 Å². The lowest BCUT2D eigenvalue weighted by molar-refractivity contribution is 0.668. The molecule has 24 rings (SSSR count). The first-order chi connectivity index (χ1) is 48.6. The minimum Gasteiger partial charge on any atom is -0.456 e. The van der Waals surface area contributed by atoms with Crippen molar-refractivity contribution in [2.75, 3.05) is 0 Å². The zero-order chi connectivity index (χ0) is 63.6. The lowest BCUT2D eigenvalue weighted by atomic mass is 9.59. The maximum absolute atomic E-state index is 6.38. The van der Waals surface area contributed by atoms with E-state index >= 15 is 0 Å². The van der Waals surface area contributed by atoms with E-state index in [-0.39, 0.29) is 11.8 Å². The van der Waals surface area contributed by atoms with Gasteiger partial charge in [-0.15, -0.1) is 0 Å². The Bertz CT molecular complexity index is 6610. The Morgan fingerprint density at radius 3 is 0.929 bits per heavy atom. The summed E-state index contributed by atoms with van der Waals surface area (Å²) >= 11 is 0. The number of hydrogen-bond donors (Lipinski definition) is 0. The maximum Gasteiger partial charge on any atom is 0.240 e. The first-order valence-corrected chi connectivity index (χ1v) is 33.2. The molecule has 98 heavy (non-hydrogen) atoms. The molecule has 0 aliphatic heterocycles. The first-order valence-electron chi connectivity index (χ1n) is 33.2. The van der Waals surface area contributed by atoms with Crippen LogP contribution in [-0.4, -0.2) is 48.2 Å². The molecule has 454 valence electrons. The van der Waals surface area contributed by atoms with E-state index in [9.17, 15) is 0 Å².